The molecule has 1 saturated carbocycles. The zero-order valence-corrected chi connectivity index (χ0v) is 13.5. The van der Waals surface area contributed by atoms with Gasteiger partial charge in [0.15, 0.2) is 0 Å². The molecule has 0 spiro atoms. The Morgan fingerprint density at radius 3 is 1.96 bits per heavy atom. The highest BCUT2D eigenvalue weighted by molar-refractivity contribution is 5.98. The molecule has 0 atom stereocenters. The molecule has 2 aliphatic rings. The van der Waals surface area contributed by atoms with Crippen molar-refractivity contribution in [1.29, 1.82) is 0 Å². The highest BCUT2D eigenvalue weighted by atomic mass is 16.5. The van der Waals surface area contributed by atoms with Crippen LogP contribution in [0.5, 0.6) is 0 Å². The molecule has 0 heterocycles. The van der Waals surface area contributed by atoms with Crippen LogP contribution in [0.15, 0.2) is 48.5 Å². The monoisotopic (exact) mass is 306 g/mol. The first-order valence-electron chi connectivity index (χ1n) is 8.58. The molecule has 0 saturated heterocycles. The Morgan fingerprint density at radius 1 is 0.913 bits per heavy atom. The van der Waals surface area contributed by atoms with Crippen LogP contribution in [0.3, 0.4) is 0 Å². The largest absolute Gasteiger partial charge is 0.468 e. The second kappa shape index (κ2) is 5.52. The van der Waals surface area contributed by atoms with E-state index in [9.17, 15) is 4.79 Å². The molecule has 1 fully saturated rings. The summed E-state index contributed by atoms with van der Waals surface area (Å²) in [5.74, 6) is 0.232. The van der Waals surface area contributed by atoms with Gasteiger partial charge in [0.2, 0.25) is 0 Å². The SMILES string of the molecule is COC(=O)C1(C2CCCCC2)c2ccccc2-c2ccccc21. The summed E-state index contributed by atoms with van der Waals surface area (Å²) in [6.07, 6.45) is 5.87. The normalized spacial score (nSPS) is 19.0. The zero-order valence-electron chi connectivity index (χ0n) is 13.5. The Morgan fingerprint density at radius 2 is 1.43 bits per heavy atom. The Labute approximate surface area is 137 Å². The molecule has 2 aromatic carbocycles. The molecule has 4 rings (SSSR count). The predicted molar refractivity (Wildman–Crippen MR) is 91.2 cm³/mol. The van der Waals surface area contributed by atoms with Crippen molar-refractivity contribution in [2.24, 2.45) is 5.92 Å². The highest BCUT2D eigenvalue weighted by Crippen LogP contribution is 2.56. The fourth-order valence-electron chi connectivity index (χ4n) is 4.79. The summed E-state index contributed by atoms with van der Waals surface area (Å²) >= 11 is 0. The summed E-state index contributed by atoms with van der Waals surface area (Å²) in [6, 6.07) is 16.7. The molecule has 118 valence electrons. The molecule has 23 heavy (non-hydrogen) atoms. The first-order valence-corrected chi connectivity index (χ1v) is 8.58. The van der Waals surface area contributed by atoms with Gasteiger partial charge in [-0.15, -0.1) is 0 Å². The molecule has 0 aromatic heterocycles. The van der Waals surface area contributed by atoms with Gasteiger partial charge in [0, 0.05) is 0 Å². The Hall–Kier alpha value is -2.09. The van der Waals surface area contributed by atoms with E-state index in [-0.39, 0.29) is 5.97 Å². The average molecular weight is 306 g/mol. The molecule has 0 amide bonds. The maximum Gasteiger partial charge on any atom is 0.321 e. The van der Waals surface area contributed by atoms with E-state index in [1.165, 1.54) is 37.5 Å². The minimum atomic E-state index is -0.623. The van der Waals surface area contributed by atoms with Crippen LogP contribution in [0.25, 0.3) is 11.1 Å². The quantitative estimate of drug-likeness (QED) is 0.751. The Kier molecular flexibility index (Phi) is 3.48. The number of fused-ring (bicyclic) bond motifs is 3. The van der Waals surface area contributed by atoms with Gasteiger partial charge in [0.05, 0.1) is 7.11 Å². The van der Waals surface area contributed by atoms with E-state index in [1.54, 1.807) is 0 Å². The lowest BCUT2D eigenvalue weighted by Crippen LogP contribution is -2.44. The van der Waals surface area contributed by atoms with E-state index in [0.29, 0.717) is 5.92 Å². The molecule has 0 bridgehead atoms. The van der Waals surface area contributed by atoms with Crippen LogP contribution in [0.1, 0.15) is 43.2 Å². The van der Waals surface area contributed by atoms with Crippen molar-refractivity contribution < 1.29 is 9.53 Å². The Balaban J connectivity index is 2.03. The average Bonchev–Trinajstić information content (AvgIpc) is 2.93. The van der Waals surface area contributed by atoms with E-state index in [1.807, 2.05) is 12.1 Å². The first-order chi connectivity index (χ1) is 11.3. The molecule has 0 aliphatic heterocycles. The molecule has 2 nitrogen and oxygen atoms in total. The van der Waals surface area contributed by atoms with Gasteiger partial charge < -0.3 is 4.74 Å². The van der Waals surface area contributed by atoms with E-state index >= 15 is 0 Å². The molecule has 2 aromatic rings. The van der Waals surface area contributed by atoms with Crippen LogP contribution in [0, 0.1) is 5.92 Å². The second-order valence-electron chi connectivity index (χ2n) is 6.73. The maximum atomic E-state index is 13.1. The van der Waals surface area contributed by atoms with Gasteiger partial charge in [0.25, 0.3) is 0 Å². The van der Waals surface area contributed by atoms with E-state index < -0.39 is 5.41 Å². The second-order valence-corrected chi connectivity index (χ2v) is 6.73. The lowest BCUT2D eigenvalue weighted by Gasteiger charge is -2.39. The van der Waals surface area contributed by atoms with Crippen LogP contribution < -0.4 is 0 Å². The van der Waals surface area contributed by atoms with Crippen molar-refractivity contribution >= 4 is 5.97 Å². The predicted octanol–water partition coefficient (Wildman–Crippen LogP) is 4.71. The lowest BCUT2D eigenvalue weighted by atomic mass is 9.63. The van der Waals surface area contributed by atoms with Gasteiger partial charge in [-0.25, -0.2) is 0 Å². The third kappa shape index (κ3) is 1.90. The number of benzene rings is 2. The third-order valence-electron chi connectivity index (χ3n) is 5.72. The van der Waals surface area contributed by atoms with Crippen LogP contribution >= 0.6 is 0 Å². The van der Waals surface area contributed by atoms with Crippen LogP contribution in [-0.2, 0) is 14.9 Å². The Bertz CT molecular complexity index is 696. The summed E-state index contributed by atoms with van der Waals surface area (Å²) in [5.41, 5.74) is 4.04. The van der Waals surface area contributed by atoms with Crippen molar-refractivity contribution in [1.82, 2.24) is 0 Å². The fourth-order valence-corrected chi connectivity index (χ4v) is 4.79. The molecular formula is C21H22O2. The van der Waals surface area contributed by atoms with Gasteiger partial charge in [0.1, 0.15) is 5.41 Å². The van der Waals surface area contributed by atoms with Crippen molar-refractivity contribution in [3.05, 3.63) is 59.7 Å². The van der Waals surface area contributed by atoms with Crippen LogP contribution in [-0.4, -0.2) is 13.1 Å². The van der Waals surface area contributed by atoms with Crippen molar-refractivity contribution in [2.45, 2.75) is 37.5 Å². The summed E-state index contributed by atoms with van der Waals surface area (Å²) in [7, 11) is 1.52. The fraction of sp³-hybridized carbons (Fsp3) is 0.381. The highest BCUT2D eigenvalue weighted by Gasteiger charge is 2.54. The summed E-state index contributed by atoms with van der Waals surface area (Å²) in [4.78, 5) is 13.1. The number of rotatable bonds is 2. The number of hydrogen-bond donors (Lipinski definition) is 0. The van der Waals surface area contributed by atoms with Crippen LogP contribution in [0.2, 0.25) is 0 Å². The smallest absolute Gasteiger partial charge is 0.321 e. The topological polar surface area (TPSA) is 26.3 Å². The van der Waals surface area contributed by atoms with Gasteiger partial charge in [-0.1, -0.05) is 67.8 Å². The molecule has 0 unspecified atom stereocenters. The molecule has 2 heteroatoms. The van der Waals surface area contributed by atoms with E-state index in [4.69, 9.17) is 4.74 Å². The van der Waals surface area contributed by atoms with Gasteiger partial charge in [-0.05, 0) is 41.0 Å². The van der Waals surface area contributed by atoms with Crippen molar-refractivity contribution in [3.63, 3.8) is 0 Å². The van der Waals surface area contributed by atoms with Gasteiger partial charge in [-0.3, -0.25) is 4.79 Å². The lowest BCUT2D eigenvalue weighted by molar-refractivity contribution is -0.148. The number of esters is 1. The third-order valence-corrected chi connectivity index (χ3v) is 5.72. The first kappa shape index (κ1) is 14.5. The van der Waals surface area contributed by atoms with Crippen molar-refractivity contribution in [3.8, 4) is 11.1 Å². The number of carbonyl (C=O) groups is 1. The summed E-state index contributed by atoms with van der Waals surface area (Å²) in [6.45, 7) is 0. The number of hydrogen-bond acceptors (Lipinski definition) is 2. The van der Waals surface area contributed by atoms with E-state index in [2.05, 4.69) is 36.4 Å². The molecule has 2 aliphatic carbocycles. The molecule has 0 N–H and O–H groups in total. The van der Waals surface area contributed by atoms with Gasteiger partial charge in [-0.2, -0.15) is 0 Å². The van der Waals surface area contributed by atoms with E-state index in [0.717, 1.165) is 24.0 Å². The van der Waals surface area contributed by atoms with Crippen molar-refractivity contribution in [2.75, 3.05) is 7.11 Å². The minimum Gasteiger partial charge on any atom is -0.468 e. The number of methoxy groups -OCH3 is 1. The summed E-state index contributed by atoms with van der Waals surface area (Å²) < 4.78 is 5.37. The van der Waals surface area contributed by atoms with Gasteiger partial charge >= 0.3 is 5.97 Å². The zero-order chi connectivity index (χ0) is 15.9. The molecular weight excluding hydrogens is 284 g/mol. The number of carbonyl (C=O) groups excluding carboxylic acids is 1. The number of ether oxygens (including phenoxy) is 1. The van der Waals surface area contributed by atoms with Crippen LogP contribution in [0.4, 0.5) is 0 Å². The standard InChI is InChI=1S/C21H22O2/c1-23-20(22)21(15-9-3-2-4-10-15)18-13-7-5-11-16(18)17-12-6-8-14-19(17)21/h5-8,11-15H,2-4,9-10H2,1H3. The molecule has 0 radical (unpaired) electrons. The minimum absolute atomic E-state index is 0.0956. The maximum absolute atomic E-state index is 13.1. The summed E-state index contributed by atoms with van der Waals surface area (Å²) in [5, 5.41) is 0.